The lowest BCUT2D eigenvalue weighted by Crippen LogP contribution is -2.31. The van der Waals surface area contributed by atoms with E-state index in [9.17, 15) is 9.90 Å². The topological polar surface area (TPSA) is 84.6 Å². The van der Waals surface area contributed by atoms with E-state index in [0.717, 1.165) is 0 Å². The van der Waals surface area contributed by atoms with Gasteiger partial charge in [0.25, 0.3) is 5.91 Å². The number of nitrogens with one attached hydrogen (secondary N) is 1. The van der Waals surface area contributed by atoms with Crippen molar-refractivity contribution in [2.45, 2.75) is 0 Å². The number of carbonyl (C=O) groups is 1. The minimum Gasteiger partial charge on any atom is -0.503 e. The van der Waals surface area contributed by atoms with Gasteiger partial charge in [-0.3, -0.25) is 4.79 Å². The fraction of sp³-hybridized carbons (Fsp3) is 0.286. The fourth-order valence-corrected chi connectivity index (χ4v) is 0.933. The van der Waals surface area contributed by atoms with Crippen LogP contribution in [0.2, 0.25) is 0 Å². The van der Waals surface area contributed by atoms with Crippen molar-refractivity contribution < 1.29 is 14.6 Å². The first-order valence-corrected chi connectivity index (χ1v) is 3.38. The molecule has 1 amide bonds. The Kier molecular flexibility index (Phi) is 2.23. The molecule has 4 N–H and O–H groups in total. The summed E-state index contributed by atoms with van der Waals surface area (Å²) in [6.07, 6.45) is 1.61. The molecule has 1 aliphatic rings. The molecule has 0 aliphatic carbocycles. The zero-order valence-electron chi connectivity index (χ0n) is 6.63. The number of carbonyl (C=O) groups excluding carboxylic acids is 1. The van der Waals surface area contributed by atoms with Gasteiger partial charge in [0.15, 0.2) is 11.5 Å². The normalized spacial score (nSPS) is 16.6. The molecule has 1 aliphatic heterocycles. The number of aliphatic hydroxyl groups is 1. The van der Waals surface area contributed by atoms with E-state index in [1.807, 2.05) is 0 Å². The summed E-state index contributed by atoms with van der Waals surface area (Å²) >= 11 is 0. The molecule has 0 aromatic rings. The Morgan fingerprint density at radius 2 is 2.50 bits per heavy atom. The van der Waals surface area contributed by atoms with Crippen LogP contribution in [-0.2, 0) is 9.53 Å². The van der Waals surface area contributed by atoms with Gasteiger partial charge in [-0.05, 0) is 6.08 Å². The quantitative estimate of drug-likeness (QED) is 0.515. The van der Waals surface area contributed by atoms with Crippen molar-refractivity contribution in [3.05, 3.63) is 23.3 Å². The van der Waals surface area contributed by atoms with Gasteiger partial charge >= 0.3 is 0 Å². The maximum atomic E-state index is 10.7. The molecule has 0 fully saturated rings. The highest BCUT2D eigenvalue weighted by Gasteiger charge is 2.18. The zero-order valence-corrected chi connectivity index (χ0v) is 6.63. The highest BCUT2D eigenvalue weighted by molar-refractivity contribution is 5.92. The van der Waals surface area contributed by atoms with E-state index in [1.54, 1.807) is 6.08 Å². The standard InChI is InChI=1S/C7H10N2O3/c1-12-4-2-3-9-5(6(4)10)7(8)11/h2,9-10H,3H2,1H3,(H2,8,11). The number of hydrogen-bond acceptors (Lipinski definition) is 4. The van der Waals surface area contributed by atoms with E-state index in [4.69, 9.17) is 10.5 Å². The average molecular weight is 170 g/mol. The van der Waals surface area contributed by atoms with Crippen LogP contribution in [0, 0.1) is 0 Å². The number of aliphatic hydroxyl groups excluding tert-OH is 1. The summed E-state index contributed by atoms with van der Waals surface area (Å²) < 4.78 is 4.79. The first-order valence-electron chi connectivity index (χ1n) is 3.38. The van der Waals surface area contributed by atoms with Crippen molar-refractivity contribution in [3.8, 4) is 0 Å². The molecule has 0 aromatic carbocycles. The number of nitrogens with two attached hydrogens (primary N) is 1. The highest BCUT2D eigenvalue weighted by Crippen LogP contribution is 2.13. The van der Waals surface area contributed by atoms with Crippen LogP contribution in [0.25, 0.3) is 0 Å². The van der Waals surface area contributed by atoms with E-state index < -0.39 is 5.91 Å². The second-order valence-electron chi connectivity index (χ2n) is 2.24. The summed E-state index contributed by atoms with van der Waals surface area (Å²) in [6, 6.07) is 0. The van der Waals surface area contributed by atoms with E-state index in [2.05, 4.69) is 5.32 Å². The van der Waals surface area contributed by atoms with E-state index in [-0.39, 0.29) is 17.2 Å². The summed E-state index contributed by atoms with van der Waals surface area (Å²) in [4.78, 5) is 10.7. The molecule has 0 spiro atoms. The molecule has 12 heavy (non-hydrogen) atoms. The Morgan fingerprint density at radius 1 is 1.83 bits per heavy atom. The fourth-order valence-electron chi connectivity index (χ4n) is 0.933. The monoisotopic (exact) mass is 170 g/mol. The second-order valence-corrected chi connectivity index (χ2v) is 2.24. The van der Waals surface area contributed by atoms with Crippen molar-refractivity contribution in [2.24, 2.45) is 5.73 Å². The van der Waals surface area contributed by atoms with Gasteiger partial charge in [0.2, 0.25) is 0 Å². The van der Waals surface area contributed by atoms with Gasteiger partial charge in [-0.15, -0.1) is 0 Å². The lowest BCUT2D eigenvalue weighted by atomic mass is 10.2. The molecule has 0 bridgehead atoms. The van der Waals surface area contributed by atoms with E-state index in [1.165, 1.54) is 7.11 Å². The predicted octanol–water partition coefficient (Wildman–Crippen LogP) is -0.625. The molecule has 1 rings (SSSR count). The summed E-state index contributed by atoms with van der Waals surface area (Å²) in [5.41, 5.74) is 4.97. The van der Waals surface area contributed by atoms with Crippen LogP contribution < -0.4 is 11.1 Å². The maximum absolute atomic E-state index is 10.7. The molecule has 5 heteroatoms. The smallest absolute Gasteiger partial charge is 0.268 e. The molecule has 5 nitrogen and oxygen atoms in total. The number of primary amides is 1. The zero-order chi connectivity index (χ0) is 9.14. The van der Waals surface area contributed by atoms with E-state index >= 15 is 0 Å². The van der Waals surface area contributed by atoms with Crippen LogP contribution >= 0.6 is 0 Å². The molecule has 66 valence electrons. The third-order valence-electron chi connectivity index (χ3n) is 1.50. The first kappa shape index (κ1) is 8.45. The minimum atomic E-state index is -0.699. The predicted molar refractivity (Wildman–Crippen MR) is 41.9 cm³/mol. The number of amides is 1. The van der Waals surface area contributed by atoms with Crippen molar-refractivity contribution >= 4 is 5.91 Å². The Morgan fingerprint density at radius 3 is 3.00 bits per heavy atom. The summed E-state index contributed by atoms with van der Waals surface area (Å²) in [5, 5.41) is 12.0. The van der Waals surface area contributed by atoms with Gasteiger partial charge in [-0.25, -0.2) is 0 Å². The van der Waals surface area contributed by atoms with Gasteiger partial charge in [-0.2, -0.15) is 0 Å². The summed E-state index contributed by atoms with van der Waals surface area (Å²) in [6.45, 7) is 0.422. The second kappa shape index (κ2) is 3.17. The van der Waals surface area contributed by atoms with Gasteiger partial charge < -0.3 is 20.9 Å². The summed E-state index contributed by atoms with van der Waals surface area (Å²) in [5.74, 6) is -0.672. The van der Waals surface area contributed by atoms with Crippen LogP contribution in [0.4, 0.5) is 0 Å². The molecule has 0 unspecified atom stereocenters. The molecule has 1 heterocycles. The molecule has 0 radical (unpaired) electrons. The van der Waals surface area contributed by atoms with E-state index in [0.29, 0.717) is 6.54 Å². The molecular weight excluding hydrogens is 160 g/mol. The first-order chi connectivity index (χ1) is 5.66. The van der Waals surface area contributed by atoms with Crippen molar-refractivity contribution in [1.29, 1.82) is 0 Å². The van der Waals surface area contributed by atoms with Gasteiger partial charge in [-0.1, -0.05) is 0 Å². The summed E-state index contributed by atoms with van der Waals surface area (Å²) in [7, 11) is 1.41. The number of ether oxygens (including phenoxy) is 1. The van der Waals surface area contributed by atoms with Crippen molar-refractivity contribution in [2.75, 3.05) is 13.7 Å². The number of dihydropyridines is 1. The van der Waals surface area contributed by atoms with Gasteiger partial charge in [0.05, 0.1) is 7.11 Å². The maximum Gasteiger partial charge on any atom is 0.268 e. The number of hydrogen-bond donors (Lipinski definition) is 3. The Balaban J connectivity index is 2.98. The lowest BCUT2D eigenvalue weighted by molar-refractivity contribution is -0.115. The number of rotatable bonds is 2. The Labute approximate surface area is 69.5 Å². The highest BCUT2D eigenvalue weighted by atomic mass is 16.5. The van der Waals surface area contributed by atoms with Gasteiger partial charge in [0, 0.05) is 6.54 Å². The SMILES string of the molecule is COC1=CCNC(C(N)=O)=C1O. The molecule has 0 atom stereocenters. The van der Waals surface area contributed by atoms with Crippen LogP contribution in [0.1, 0.15) is 0 Å². The Hall–Kier alpha value is -1.65. The molecule has 0 aromatic heterocycles. The third kappa shape index (κ3) is 1.34. The molecule has 0 saturated heterocycles. The minimum absolute atomic E-state index is 0.00523. The van der Waals surface area contributed by atoms with Crippen molar-refractivity contribution in [3.63, 3.8) is 0 Å². The largest absolute Gasteiger partial charge is 0.503 e. The van der Waals surface area contributed by atoms with Crippen LogP contribution in [-0.4, -0.2) is 24.7 Å². The average Bonchev–Trinajstić information content (AvgIpc) is 2.04. The third-order valence-corrected chi connectivity index (χ3v) is 1.50. The lowest BCUT2D eigenvalue weighted by Gasteiger charge is -2.15. The Bertz CT molecular complexity index is 268. The van der Waals surface area contributed by atoms with Crippen LogP contribution in [0.3, 0.4) is 0 Å². The number of methoxy groups -OCH3 is 1. The molecule has 0 saturated carbocycles. The molecular formula is C7H10N2O3. The van der Waals surface area contributed by atoms with Crippen molar-refractivity contribution in [1.82, 2.24) is 5.32 Å². The van der Waals surface area contributed by atoms with Crippen LogP contribution in [0.15, 0.2) is 23.3 Å². The van der Waals surface area contributed by atoms with Gasteiger partial charge in [0.1, 0.15) is 5.70 Å². The van der Waals surface area contributed by atoms with Crippen LogP contribution in [0.5, 0.6) is 0 Å².